The van der Waals surface area contributed by atoms with Gasteiger partial charge in [0, 0.05) is 25.9 Å². The number of primary amides is 1. The smallest absolute Gasteiger partial charge is 0.222 e. The summed E-state index contributed by atoms with van der Waals surface area (Å²) in [6.07, 6.45) is 3.51. The standard InChI is InChI=1S/C11H21N3O2/c12-5-1-2-11(16)14-6-3-9(4-7-14)8-10(13)15/h9H,1-8,12H2,(H2,13,15). The molecule has 1 aliphatic rings. The molecule has 4 N–H and O–H groups in total. The van der Waals surface area contributed by atoms with Crippen molar-refractivity contribution in [3.8, 4) is 0 Å². The Morgan fingerprint density at radius 2 is 1.88 bits per heavy atom. The van der Waals surface area contributed by atoms with Crippen molar-refractivity contribution in [1.29, 1.82) is 0 Å². The zero-order chi connectivity index (χ0) is 12.0. The molecule has 0 bridgehead atoms. The summed E-state index contributed by atoms with van der Waals surface area (Å²) in [6, 6.07) is 0. The molecule has 5 heteroatoms. The van der Waals surface area contributed by atoms with E-state index in [4.69, 9.17) is 11.5 Å². The topological polar surface area (TPSA) is 89.4 Å². The molecule has 0 spiro atoms. The van der Waals surface area contributed by atoms with Crippen molar-refractivity contribution in [2.45, 2.75) is 32.1 Å². The number of hydrogen-bond acceptors (Lipinski definition) is 3. The number of amides is 2. The highest BCUT2D eigenvalue weighted by Crippen LogP contribution is 2.20. The molecule has 2 amide bonds. The Bertz CT molecular complexity index is 248. The first-order valence-corrected chi connectivity index (χ1v) is 5.89. The average Bonchev–Trinajstić information content (AvgIpc) is 2.26. The minimum atomic E-state index is -0.243. The lowest BCUT2D eigenvalue weighted by molar-refractivity contribution is -0.132. The highest BCUT2D eigenvalue weighted by molar-refractivity contribution is 5.76. The minimum absolute atomic E-state index is 0.183. The van der Waals surface area contributed by atoms with Crippen LogP contribution in [0.4, 0.5) is 0 Å². The zero-order valence-electron chi connectivity index (χ0n) is 9.65. The van der Waals surface area contributed by atoms with E-state index >= 15 is 0 Å². The van der Waals surface area contributed by atoms with Gasteiger partial charge in [0.05, 0.1) is 0 Å². The summed E-state index contributed by atoms with van der Waals surface area (Å²) in [4.78, 5) is 24.3. The maximum absolute atomic E-state index is 11.7. The normalized spacial score (nSPS) is 17.4. The molecule has 16 heavy (non-hydrogen) atoms. The average molecular weight is 227 g/mol. The molecule has 0 atom stereocenters. The molecule has 0 unspecified atom stereocenters. The highest BCUT2D eigenvalue weighted by atomic mass is 16.2. The first-order chi connectivity index (χ1) is 7.63. The van der Waals surface area contributed by atoms with Gasteiger partial charge in [-0.25, -0.2) is 0 Å². The van der Waals surface area contributed by atoms with Gasteiger partial charge in [0.15, 0.2) is 0 Å². The number of likely N-dealkylation sites (tertiary alicyclic amines) is 1. The van der Waals surface area contributed by atoms with Crippen LogP contribution < -0.4 is 11.5 Å². The SMILES string of the molecule is NCCCC(=O)N1CCC(CC(N)=O)CC1. The molecule has 0 aliphatic carbocycles. The van der Waals surface area contributed by atoms with Gasteiger partial charge >= 0.3 is 0 Å². The summed E-state index contributed by atoms with van der Waals surface area (Å²) in [5, 5.41) is 0. The number of carbonyl (C=O) groups excluding carboxylic acids is 2. The van der Waals surface area contributed by atoms with Crippen molar-refractivity contribution in [1.82, 2.24) is 4.90 Å². The molecule has 92 valence electrons. The lowest BCUT2D eigenvalue weighted by Crippen LogP contribution is -2.39. The van der Waals surface area contributed by atoms with Gasteiger partial charge in [0.2, 0.25) is 11.8 Å². The van der Waals surface area contributed by atoms with Crippen LogP contribution >= 0.6 is 0 Å². The van der Waals surface area contributed by atoms with Gasteiger partial charge in [-0.2, -0.15) is 0 Å². The van der Waals surface area contributed by atoms with Crippen molar-refractivity contribution in [2.75, 3.05) is 19.6 Å². The van der Waals surface area contributed by atoms with E-state index in [1.54, 1.807) is 0 Å². The van der Waals surface area contributed by atoms with E-state index in [1.165, 1.54) is 0 Å². The van der Waals surface area contributed by atoms with Crippen molar-refractivity contribution < 1.29 is 9.59 Å². The summed E-state index contributed by atoms with van der Waals surface area (Å²) >= 11 is 0. The van der Waals surface area contributed by atoms with Gasteiger partial charge in [-0.15, -0.1) is 0 Å². The number of carbonyl (C=O) groups is 2. The monoisotopic (exact) mass is 227 g/mol. The molecule has 1 rings (SSSR count). The van der Waals surface area contributed by atoms with Crippen molar-refractivity contribution >= 4 is 11.8 Å². The zero-order valence-corrected chi connectivity index (χ0v) is 9.65. The molecular weight excluding hydrogens is 206 g/mol. The molecule has 0 aromatic rings. The Balaban J connectivity index is 2.25. The molecule has 0 aromatic heterocycles. The second kappa shape index (κ2) is 6.48. The molecule has 5 nitrogen and oxygen atoms in total. The van der Waals surface area contributed by atoms with Crippen molar-refractivity contribution in [3.63, 3.8) is 0 Å². The first kappa shape index (κ1) is 13.0. The van der Waals surface area contributed by atoms with Crippen LogP contribution in [0.2, 0.25) is 0 Å². The van der Waals surface area contributed by atoms with E-state index < -0.39 is 0 Å². The fourth-order valence-corrected chi connectivity index (χ4v) is 2.08. The molecule has 0 aromatic carbocycles. The largest absolute Gasteiger partial charge is 0.370 e. The van der Waals surface area contributed by atoms with E-state index in [2.05, 4.69) is 0 Å². The fourth-order valence-electron chi connectivity index (χ4n) is 2.08. The third-order valence-electron chi connectivity index (χ3n) is 3.05. The van der Waals surface area contributed by atoms with E-state index in [-0.39, 0.29) is 11.8 Å². The van der Waals surface area contributed by atoms with Crippen molar-refractivity contribution in [3.05, 3.63) is 0 Å². The number of nitrogens with two attached hydrogens (primary N) is 2. The number of rotatable bonds is 5. The third-order valence-corrected chi connectivity index (χ3v) is 3.05. The van der Waals surface area contributed by atoms with Crippen LogP contribution in [0.1, 0.15) is 32.1 Å². The van der Waals surface area contributed by atoms with Crippen LogP contribution in [-0.4, -0.2) is 36.3 Å². The van der Waals surface area contributed by atoms with Crippen molar-refractivity contribution in [2.24, 2.45) is 17.4 Å². The molecule has 1 saturated heterocycles. The summed E-state index contributed by atoms with van der Waals surface area (Å²) < 4.78 is 0. The molecular formula is C11H21N3O2. The Hall–Kier alpha value is -1.10. The molecule has 0 saturated carbocycles. The number of piperidine rings is 1. The molecule has 1 fully saturated rings. The maximum Gasteiger partial charge on any atom is 0.222 e. The van der Waals surface area contributed by atoms with Crippen LogP contribution in [0.3, 0.4) is 0 Å². The van der Waals surface area contributed by atoms with Crippen LogP contribution in [-0.2, 0) is 9.59 Å². The van der Waals surface area contributed by atoms with E-state index in [9.17, 15) is 9.59 Å². The molecule has 1 aliphatic heterocycles. The maximum atomic E-state index is 11.7. The minimum Gasteiger partial charge on any atom is -0.370 e. The molecule has 0 radical (unpaired) electrons. The van der Waals surface area contributed by atoms with E-state index in [0.29, 0.717) is 25.3 Å². The van der Waals surface area contributed by atoms with Gasteiger partial charge in [-0.1, -0.05) is 0 Å². The van der Waals surface area contributed by atoms with Crippen LogP contribution in [0.25, 0.3) is 0 Å². The summed E-state index contributed by atoms with van der Waals surface area (Å²) in [7, 11) is 0. The second-order valence-corrected chi connectivity index (χ2v) is 4.39. The quantitative estimate of drug-likeness (QED) is 0.684. The fraction of sp³-hybridized carbons (Fsp3) is 0.818. The van der Waals surface area contributed by atoms with Crippen LogP contribution in [0.15, 0.2) is 0 Å². The second-order valence-electron chi connectivity index (χ2n) is 4.39. The Morgan fingerprint density at radius 1 is 1.25 bits per heavy atom. The highest BCUT2D eigenvalue weighted by Gasteiger charge is 2.23. The first-order valence-electron chi connectivity index (χ1n) is 5.89. The van der Waals surface area contributed by atoms with Gasteiger partial charge < -0.3 is 16.4 Å². The lowest BCUT2D eigenvalue weighted by Gasteiger charge is -2.31. The van der Waals surface area contributed by atoms with Gasteiger partial charge in [0.25, 0.3) is 0 Å². The van der Waals surface area contributed by atoms with Crippen LogP contribution in [0, 0.1) is 5.92 Å². The Morgan fingerprint density at radius 3 is 2.38 bits per heavy atom. The summed E-state index contributed by atoms with van der Waals surface area (Å²) in [5.74, 6) is 0.298. The predicted molar refractivity (Wildman–Crippen MR) is 61.4 cm³/mol. The Kier molecular flexibility index (Phi) is 5.25. The number of nitrogens with zero attached hydrogens (tertiary/aromatic N) is 1. The summed E-state index contributed by atoms with van der Waals surface area (Å²) in [5.41, 5.74) is 10.5. The lowest BCUT2D eigenvalue weighted by atomic mass is 9.93. The van der Waals surface area contributed by atoms with Gasteiger partial charge in [-0.3, -0.25) is 9.59 Å². The number of hydrogen-bond donors (Lipinski definition) is 2. The van der Waals surface area contributed by atoms with E-state index in [1.807, 2.05) is 4.90 Å². The van der Waals surface area contributed by atoms with Gasteiger partial charge in [0.1, 0.15) is 0 Å². The summed E-state index contributed by atoms with van der Waals surface area (Å²) in [6.45, 7) is 2.06. The Labute approximate surface area is 96.1 Å². The van der Waals surface area contributed by atoms with Crippen LogP contribution in [0.5, 0.6) is 0 Å². The third kappa shape index (κ3) is 4.18. The predicted octanol–water partition coefficient (Wildman–Crippen LogP) is -0.161. The van der Waals surface area contributed by atoms with E-state index in [0.717, 1.165) is 32.4 Å². The van der Waals surface area contributed by atoms with Gasteiger partial charge in [-0.05, 0) is 31.7 Å². The molecule has 1 heterocycles.